The van der Waals surface area contributed by atoms with Crippen molar-refractivity contribution in [2.75, 3.05) is 12.4 Å². The third kappa shape index (κ3) is 3.91. The molecule has 0 aliphatic heterocycles. The maximum absolute atomic E-state index is 12.7. The van der Waals surface area contributed by atoms with E-state index in [0.29, 0.717) is 11.6 Å². The van der Waals surface area contributed by atoms with Crippen molar-refractivity contribution < 1.29 is 13.9 Å². The summed E-state index contributed by atoms with van der Waals surface area (Å²) in [7, 11) is 1.58. The number of nitrogens with zero attached hydrogens (tertiary/aromatic N) is 1. The number of hydrogen-bond donors (Lipinski definition) is 1. The van der Waals surface area contributed by atoms with Crippen LogP contribution in [0.25, 0.3) is 6.08 Å². The van der Waals surface area contributed by atoms with E-state index >= 15 is 0 Å². The summed E-state index contributed by atoms with van der Waals surface area (Å²) in [5.74, 6) is 0.223. The Hall–Kier alpha value is -2.69. The quantitative estimate of drug-likeness (QED) is 0.871. The number of carbonyl (C=O) groups excluding carboxylic acids is 1. The molecule has 0 aliphatic rings. The highest BCUT2D eigenvalue weighted by atomic mass is 19.1. The van der Waals surface area contributed by atoms with Gasteiger partial charge in [-0.15, -0.1) is 0 Å². The molecule has 1 aromatic heterocycles. The number of methoxy groups -OCH3 is 1. The first kappa shape index (κ1) is 13.7. The number of hydrogen-bond acceptors (Lipinski definition) is 3. The van der Waals surface area contributed by atoms with E-state index in [-0.39, 0.29) is 5.91 Å². The fourth-order valence-electron chi connectivity index (χ4n) is 1.53. The molecule has 1 amide bonds. The van der Waals surface area contributed by atoms with Gasteiger partial charge >= 0.3 is 0 Å². The molecule has 0 saturated heterocycles. The zero-order valence-electron chi connectivity index (χ0n) is 10.8. The van der Waals surface area contributed by atoms with Crippen molar-refractivity contribution in [2.24, 2.45) is 0 Å². The molecule has 1 N–H and O–H groups in total. The number of carbonyl (C=O) groups is 1. The van der Waals surface area contributed by atoms with Gasteiger partial charge in [-0.25, -0.2) is 9.37 Å². The van der Waals surface area contributed by atoms with Gasteiger partial charge in [0, 0.05) is 6.08 Å². The summed E-state index contributed by atoms with van der Waals surface area (Å²) in [6.45, 7) is 0. The molecule has 0 spiro atoms. The average Bonchev–Trinajstić information content (AvgIpc) is 2.48. The fourth-order valence-corrected chi connectivity index (χ4v) is 1.53. The van der Waals surface area contributed by atoms with Crippen LogP contribution in [0, 0.1) is 5.82 Å². The molecule has 0 atom stereocenters. The largest absolute Gasteiger partial charge is 0.497 e. The van der Waals surface area contributed by atoms with E-state index in [2.05, 4.69) is 10.3 Å². The van der Waals surface area contributed by atoms with Gasteiger partial charge in [0.1, 0.15) is 17.4 Å². The number of nitrogens with one attached hydrogen (secondary N) is 1. The van der Waals surface area contributed by atoms with Gasteiger partial charge in [0.05, 0.1) is 13.3 Å². The third-order valence-corrected chi connectivity index (χ3v) is 2.50. The number of aromatic nitrogens is 1. The zero-order valence-corrected chi connectivity index (χ0v) is 10.8. The highest BCUT2D eigenvalue weighted by Crippen LogP contribution is 2.13. The molecule has 0 unspecified atom stereocenters. The molecule has 20 heavy (non-hydrogen) atoms. The van der Waals surface area contributed by atoms with E-state index < -0.39 is 5.82 Å². The number of benzene rings is 1. The monoisotopic (exact) mass is 272 g/mol. The van der Waals surface area contributed by atoms with Crippen LogP contribution in [-0.2, 0) is 4.79 Å². The Kier molecular flexibility index (Phi) is 4.44. The van der Waals surface area contributed by atoms with E-state index in [0.717, 1.165) is 11.8 Å². The molecular weight excluding hydrogens is 259 g/mol. The van der Waals surface area contributed by atoms with Crippen molar-refractivity contribution in [3.8, 4) is 5.75 Å². The summed E-state index contributed by atoms with van der Waals surface area (Å²) in [5, 5.41) is 2.53. The van der Waals surface area contributed by atoms with Crippen molar-refractivity contribution in [3.63, 3.8) is 0 Å². The number of anilines is 1. The van der Waals surface area contributed by atoms with E-state index in [4.69, 9.17) is 4.74 Å². The molecule has 4 nitrogen and oxygen atoms in total. The fraction of sp³-hybridized carbons (Fsp3) is 0.0667. The Labute approximate surface area is 115 Å². The summed E-state index contributed by atoms with van der Waals surface area (Å²) in [6.07, 6.45) is 4.07. The first-order chi connectivity index (χ1) is 9.67. The van der Waals surface area contributed by atoms with Crippen LogP contribution < -0.4 is 10.1 Å². The van der Waals surface area contributed by atoms with Crippen molar-refractivity contribution in [1.82, 2.24) is 4.98 Å². The van der Waals surface area contributed by atoms with Gasteiger partial charge in [0.2, 0.25) is 5.91 Å². The van der Waals surface area contributed by atoms with Gasteiger partial charge in [-0.05, 0) is 35.9 Å². The number of rotatable bonds is 4. The van der Waals surface area contributed by atoms with Gasteiger partial charge in [-0.3, -0.25) is 4.79 Å². The van der Waals surface area contributed by atoms with E-state index in [1.807, 2.05) is 18.2 Å². The molecule has 0 radical (unpaired) electrons. The first-order valence-electron chi connectivity index (χ1n) is 5.92. The second kappa shape index (κ2) is 6.47. The first-order valence-corrected chi connectivity index (χ1v) is 5.92. The average molecular weight is 272 g/mol. The van der Waals surface area contributed by atoms with E-state index in [1.54, 1.807) is 19.3 Å². The molecule has 0 bridgehead atoms. The smallest absolute Gasteiger partial charge is 0.249 e. The minimum absolute atomic E-state index is 0.298. The molecule has 1 aromatic carbocycles. The molecule has 2 rings (SSSR count). The van der Waals surface area contributed by atoms with Gasteiger partial charge < -0.3 is 10.1 Å². The van der Waals surface area contributed by atoms with Crippen LogP contribution in [0.2, 0.25) is 0 Å². The van der Waals surface area contributed by atoms with Gasteiger partial charge in [-0.1, -0.05) is 12.1 Å². The van der Waals surface area contributed by atoms with Crippen molar-refractivity contribution in [2.45, 2.75) is 0 Å². The number of halogens is 1. The lowest BCUT2D eigenvalue weighted by atomic mass is 10.2. The van der Waals surface area contributed by atoms with Gasteiger partial charge in [0.15, 0.2) is 0 Å². The van der Waals surface area contributed by atoms with Crippen molar-refractivity contribution in [1.29, 1.82) is 0 Å². The molecular formula is C15H13FN2O2. The summed E-state index contributed by atoms with van der Waals surface area (Å²) < 4.78 is 17.8. The third-order valence-electron chi connectivity index (χ3n) is 2.50. The molecule has 0 aliphatic carbocycles. The van der Waals surface area contributed by atoms with Gasteiger partial charge in [-0.2, -0.15) is 0 Å². The Morgan fingerprint density at radius 3 is 2.90 bits per heavy atom. The summed E-state index contributed by atoms with van der Waals surface area (Å²) >= 11 is 0. The molecule has 1 heterocycles. The topological polar surface area (TPSA) is 51.2 Å². The second-order valence-electron chi connectivity index (χ2n) is 3.96. The van der Waals surface area contributed by atoms with Crippen LogP contribution in [0.3, 0.4) is 0 Å². The normalized spacial score (nSPS) is 10.5. The minimum Gasteiger partial charge on any atom is -0.497 e. The number of ether oxygens (including phenoxy) is 1. The van der Waals surface area contributed by atoms with Crippen LogP contribution in [-0.4, -0.2) is 18.0 Å². The summed E-state index contributed by atoms with van der Waals surface area (Å²) in [4.78, 5) is 15.4. The van der Waals surface area contributed by atoms with Crippen molar-refractivity contribution in [3.05, 3.63) is 60.1 Å². The maximum atomic E-state index is 12.7. The van der Waals surface area contributed by atoms with E-state index in [1.165, 1.54) is 18.2 Å². The molecule has 102 valence electrons. The Bertz CT molecular complexity index is 624. The summed E-state index contributed by atoms with van der Waals surface area (Å²) in [6, 6.07) is 9.93. The maximum Gasteiger partial charge on any atom is 0.249 e. The Morgan fingerprint density at radius 2 is 2.20 bits per heavy atom. The Balaban J connectivity index is 1.99. The van der Waals surface area contributed by atoms with Crippen LogP contribution in [0.5, 0.6) is 5.75 Å². The molecule has 5 heteroatoms. The predicted octanol–water partition coefficient (Wildman–Crippen LogP) is 2.88. The zero-order chi connectivity index (χ0) is 14.4. The highest BCUT2D eigenvalue weighted by Gasteiger charge is 1.99. The lowest BCUT2D eigenvalue weighted by Gasteiger charge is -2.01. The molecule has 0 saturated carbocycles. The Morgan fingerprint density at radius 1 is 1.35 bits per heavy atom. The van der Waals surface area contributed by atoms with Crippen molar-refractivity contribution >= 4 is 17.8 Å². The van der Waals surface area contributed by atoms with Crippen LogP contribution in [0.15, 0.2) is 48.7 Å². The number of amides is 1. The van der Waals surface area contributed by atoms with Crippen LogP contribution in [0.1, 0.15) is 5.56 Å². The second-order valence-corrected chi connectivity index (χ2v) is 3.96. The highest BCUT2D eigenvalue weighted by molar-refractivity contribution is 6.01. The lowest BCUT2D eigenvalue weighted by molar-refractivity contribution is -0.111. The minimum atomic E-state index is -0.449. The van der Waals surface area contributed by atoms with Gasteiger partial charge in [0.25, 0.3) is 0 Å². The standard InChI is InChI=1S/C15H13FN2O2/c1-20-13-4-2-3-11(9-13)5-8-15(19)18-14-7-6-12(16)10-17-14/h2-10H,1H3,(H,17,18,19)/b8-5+. The number of pyridine rings is 1. The molecule has 0 fully saturated rings. The summed E-state index contributed by atoms with van der Waals surface area (Å²) in [5.41, 5.74) is 0.839. The molecule has 2 aromatic rings. The van der Waals surface area contributed by atoms with E-state index in [9.17, 15) is 9.18 Å². The van der Waals surface area contributed by atoms with Crippen LogP contribution in [0.4, 0.5) is 10.2 Å². The predicted molar refractivity (Wildman–Crippen MR) is 74.9 cm³/mol. The SMILES string of the molecule is COc1cccc(/C=C/C(=O)Nc2ccc(F)cn2)c1. The lowest BCUT2D eigenvalue weighted by Crippen LogP contribution is -2.09. The van der Waals surface area contributed by atoms with Crippen LogP contribution >= 0.6 is 0 Å².